The third-order valence-electron chi connectivity index (χ3n) is 5.69. The van der Waals surface area contributed by atoms with Crippen LogP contribution in [-0.4, -0.2) is 55.5 Å². The maximum Gasteiger partial charge on any atom is 0.239 e. The van der Waals surface area contributed by atoms with E-state index in [4.69, 9.17) is 4.74 Å². The van der Waals surface area contributed by atoms with Crippen LogP contribution in [-0.2, 0) is 4.79 Å². The van der Waals surface area contributed by atoms with Gasteiger partial charge in [0.1, 0.15) is 5.75 Å². The van der Waals surface area contributed by atoms with Crippen molar-refractivity contribution in [2.24, 2.45) is 0 Å². The van der Waals surface area contributed by atoms with Gasteiger partial charge in [-0.1, -0.05) is 31.0 Å². The van der Waals surface area contributed by atoms with Gasteiger partial charge in [0.25, 0.3) is 0 Å². The summed E-state index contributed by atoms with van der Waals surface area (Å²) in [6.45, 7) is 2.78. The molecule has 1 aromatic carbocycles. The zero-order valence-electron chi connectivity index (χ0n) is 15.0. The van der Waals surface area contributed by atoms with Crippen LogP contribution in [0.5, 0.6) is 5.75 Å². The van der Waals surface area contributed by atoms with Crippen molar-refractivity contribution in [1.29, 1.82) is 0 Å². The number of benzene rings is 1. The Hall–Kier alpha value is -1.55. The molecule has 1 amide bonds. The van der Waals surface area contributed by atoms with Gasteiger partial charge in [-0.3, -0.25) is 9.69 Å². The first-order chi connectivity index (χ1) is 11.7. The number of para-hydroxylation sites is 1. The van der Waals surface area contributed by atoms with Gasteiger partial charge >= 0.3 is 0 Å². The molecule has 2 fully saturated rings. The van der Waals surface area contributed by atoms with Gasteiger partial charge in [-0.05, 0) is 56.8 Å². The molecule has 4 heteroatoms. The molecule has 4 nitrogen and oxygen atoms in total. The van der Waals surface area contributed by atoms with E-state index in [9.17, 15) is 4.79 Å². The zero-order chi connectivity index (χ0) is 16.9. The summed E-state index contributed by atoms with van der Waals surface area (Å²) in [4.78, 5) is 17.3. The van der Waals surface area contributed by atoms with Gasteiger partial charge in [-0.25, -0.2) is 0 Å². The van der Waals surface area contributed by atoms with E-state index in [0.29, 0.717) is 11.8 Å². The first-order valence-corrected chi connectivity index (χ1v) is 9.32. The number of hydrogen-bond acceptors (Lipinski definition) is 3. The number of methoxy groups -OCH3 is 1. The molecular formula is C20H30N2O2. The Morgan fingerprint density at radius 3 is 2.54 bits per heavy atom. The van der Waals surface area contributed by atoms with Crippen LogP contribution in [0.3, 0.4) is 0 Å². The highest BCUT2D eigenvalue weighted by atomic mass is 16.5. The third-order valence-corrected chi connectivity index (χ3v) is 5.69. The maximum atomic E-state index is 12.9. The van der Waals surface area contributed by atoms with Crippen LogP contribution in [0.2, 0.25) is 0 Å². The van der Waals surface area contributed by atoms with Gasteiger partial charge in [-0.15, -0.1) is 0 Å². The predicted molar refractivity (Wildman–Crippen MR) is 96.4 cm³/mol. The number of hydrogen-bond donors (Lipinski definition) is 0. The minimum absolute atomic E-state index is 0.0929. The molecule has 0 radical (unpaired) electrons. The summed E-state index contributed by atoms with van der Waals surface area (Å²) < 4.78 is 5.51. The summed E-state index contributed by atoms with van der Waals surface area (Å²) in [6.07, 6.45) is 6.73. The molecule has 0 N–H and O–H groups in total. The van der Waals surface area contributed by atoms with Gasteiger partial charge in [0, 0.05) is 13.1 Å². The Morgan fingerprint density at radius 1 is 1.04 bits per heavy atom. The van der Waals surface area contributed by atoms with Crippen molar-refractivity contribution >= 4 is 5.91 Å². The fourth-order valence-electron chi connectivity index (χ4n) is 4.19. The van der Waals surface area contributed by atoms with Gasteiger partial charge in [-0.2, -0.15) is 0 Å². The average molecular weight is 330 g/mol. The van der Waals surface area contributed by atoms with Crippen molar-refractivity contribution in [2.75, 3.05) is 33.8 Å². The SMILES string of the molecule is COc1ccccc1C1CCN(C(=O)[C@@H]2CCCCCN2C)CC1. The van der Waals surface area contributed by atoms with E-state index < -0.39 is 0 Å². The second-order valence-corrected chi connectivity index (χ2v) is 7.19. The number of nitrogens with zero attached hydrogens (tertiary/aromatic N) is 2. The van der Waals surface area contributed by atoms with Crippen LogP contribution in [0.15, 0.2) is 24.3 Å². The molecule has 2 saturated heterocycles. The molecule has 0 aromatic heterocycles. The van der Waals surface area contributed by atoms with Crippen LogP contribution >= 0.6 is 0 Å². The predicted octanol–water partition coefficient (Wildman–Crippen LogP) is 3.28. The minimum atomic E-state index is 0.0929. The highest BCUT2D eigenvalue weighted by Gasteiger charge is 2.32. The van der Waals surface area contributed by atoms with Crippen LogP contribution in [0.4, 0.5) is 0 Å². The molecule has 1 atom stereocenters. The summed E-state index contributed by atoms with van der Waals surface area (Å²) in [5, 5.41) is 0. The second-order valence-electron chi connectivity index (χ2n) is 7.19. The number of amides is 1. The lowest BCUT2D eigenvalue weighted by Crippen LogP contribution is -2.49. The van der Waals surface area contributed by atoms with E-state index in [2.05, 4.69) is 29.0 Å². The van der Waals surface area contributed by atoms with Crippen molar-refractivity contribution in [2.45, 2.75) is 50.5 Å². The van der Waals surface area contributed by atoms with E-state index in [1.54, 1.807) is 7.11 Å². The lowest BCUT2D eigenvalue weighted by atomic mass is 9.88. The number of carbonyl (C=O) groups excluding carboxylic acids is 1. The maximum absolute atomic E-state index is 12.9. The van der Waals surface area contributed by atoms with Crippen molar-refractivity contribution in [1.82, 2.24) is 9.80 Å². The normalized spacial score (nSPS) is 23.8. The van der Waals surface area contributed by atoms with Gasteiger partial charge < -0.3 is 9.64 Å². The van der Waals surface area contributed by atoms with Gasteiger partial charge in [0.15, 0.2) is 0 Å². The number of rotatable bonds is 3. The Balaban J connectivity index is 1.61. The van der Waals surface area contributed by atoms with Crippen LogP contribution in [0, 0.1) is 0 Å². The summed E-state index contributed by atoms with van der Waals surface area (Å²) in [7, 11) is 3.84. The molecule has 2 aliphatic heterocycles. The zero-order valence-corrected chi connectivity index (χ0v) is 15.0. The molecular weight excluding hydrogens is 300 g/mol. The quantitative estimate of drug-likeness (QED) is 0.853. The van der Waals surface area contributed by atoms with Gasteiger partial charge in [0.05, 0.1) is 13.2 Å². The third kappa shape index (κ3) is 3.75. The Kier molecular flexibility index (Phi) is 5.77. The molecule has 132 valence electrons. The molecule has 1 aromatic rings. The highest BCUT2D eigenvalue weighted by Crippen LogP contribution is 2.34. The van der Waals surface area contributed by atoms with E-state index >= 15 is 0 Å². The summed E-state index contributed by atoms with van der Waals surface area (Å²) in [5.74, 6) is 1.82. The smallest absolute Gasteiger partial charge is 0.239 e. The van der Waals surface area contributed by atoms with E-state index in [0.717, 1.165) is 44.6 Å². The van der Waals surface area contributed by atoms with Crippen LogP contribution < -0.4 is 4.74 Å². The Morgan fingerprint density at radius 2 is 1.79 bits per heavy atom. The van der Waals surface area contributed by atoms with Crippen molar-refractivity contribution in [3.8, 4) is 5.75 Å². The lowest BCUT2D eigenvalue weighted by Gasteiger charge is -2.36. The molecule has 2 aliphatic rings. The highest BCUT2D eigenvalue weighted by molar-refractivity contribution is 5.82. The fraction of sp³-hybridized carbons (Fsp3) is 0.650. The number of likely N-dealkylation sites (tertiary alicyclic amines) is 2. The summed E-state index contributed by atoms with van der Waals surface area (Å²) in [5.41, 5.74) is 1.29. The fourth-order valence-corrected chi connectivity index (χ4v) is 4.19. The van der Waals surface area contributed by atoms with Crippen LogP contribution in [0.1, 0.15) is 50.0 Å². The first kappa shape index (κ1) is 17.3. The van der Waals surface area contributed by atoms with Crippen molar-refractivity contribution in [3.63, 3.8) is 0 Å². The average Bonchev–Trinajstić information content (AvgIpc) is 2.85. The molecule has 0 spiro atoms. The number of carbonyl (C=O) groups is 1. The standard InChI is InChI=1S/C20H30N2O2/c1-21-13-7-3-4-9-18(21)20(23)22-14-11-16(12-15-22)17-8-5-6-10-19(17)24-2/h5-6,8,10,16,18H,3-4,7,9,11-15H2,1-2H3/t18-/m0/s1. The lowest BCUT2D eigenvalue weighted by molar-refractivity contribution is -0.137. The minimum Gasteiger partial charge on any atom is -0.496 e. The van der Waals surface area contributed by atoms with E-state index in [1.807, 2.05) is 12.1 Å². The van der Waals surface area contributed by atoms with E-state index in [1.165, 1.54) is 24.8 Å². The first-order valence-electron chi connectivity index (χ1n) is 9.32. The molecule has 2 heterocycles. The second kappa shape index (κ2) is 8.02. The van der Waals surface area contributed by atoms with Crippen molar-refractivity contribution in [3.05, 3.63) is 29.8 Å². The van der Waals surface area contributed by atoms with E-state index in [-0.39, 0.29) is 6.04 Å². The number of ether oxygens (including phenoxy) is 1. The molecule has 0 aliphatic carbocycles. The molecule has 0 bridgehead atoms. The largest absolute Gasteiger partial charge is 0.496 e. The van der Waals surface area contributed by atoms with Crippen LogP contribution in [0.25, 0.3) is 0 Å². The molecule has 0 saturated carbocycles. The Labute approximate surface area is 145 Å². The molecule has 0 unspecified atom stereocenters. The number of likely N-dealkylation sites (N-methyl/N-ethyl adjacent to an activating group) is 1. The summed E-state index contributed by atoms with van der Waals surface area (Å²) in [6, 6.07) is 8.39. The monoisotopic (exact) mass is 330 g/mol. The molecule has 24 heavy (non-hydrogen) atoms. The van der Waals surface area contributed by atoms with Gasteiger partial charge in [0.2, 0.25) is 5.91 Å². The Bertz CT molecular complexity index is 552. The topological polar surface area (TPSA) is 32.8 Å². The number of piperidine rings is 1. The molecule has 3 rings (SSSR count). The summed E-state index contributed by atoms with van der Waals surface area (Å²) >= 11 is 0. The van der Waals surface area contributed by atoms with Crippen molar-refractivity contribution < 1.29 is 9.53 Å².